The van der Waals surface area contributed by atoms with Gasteiger partial charge in [0.1, 0.15) is 12.4 Å². The predicted octanol–water partition coefficient (Wildman–Crippen LogP) is 2.48. The lowest BCUT2D eigenvalue weighted by Gasteiger charge is -2.27. The van der Waals surface area contributed by atoms with Crippen molar-refractivity contribution in [3.05, 3.63) is 54.6 Å². The average molecular weight is 287 g/mol. The first-order valence-electron chi connectivity index (χ1n) is 6.69. The second-order valence-electron chi connectivity index (χ2n) is 4.63. The lowest BCUT2D eigenvalue weighted by molar-refractivity contribution is 0.0685. The summed E-state index contributed by atoms with van der Waals surface area (Å²) in [7, 11) is 0. The number of nitrogens with zero attached hydrogens (tertiary/aromatic N) is 3. The van der Waals surface area contributed by atoms with Crippen molar-refractivity contribution in [3.63, 3.8) is 0 Å². The molecule has 0 fully saturated rings. The van der Waals surface area contributed by atoms with Gasteiger partial charge in [0.25, 0.3) is 5.91 Å². The molecule has 110 valence electrons. The molecule has 0 bridgehead atoms. The van der Waals surface area contributed by atoms with Gasteiger partial charge in [0.15, 0.2) is 0 Å². The summed E-state index contributed by atoms with van der Waals surface area (Å²) in [5, 5.41) is 9.43. The standard InChI is InChI=1S/C15H17N3O3/c1-2-13(14(19)17-9-8-16-11-17)18(15(20)21)10-12-6-4-3-5-7-12/h3-9,11,13H,2,10H2,1H3,(H,20,21)/t13-/m0/s1. The average Bonchev–Trinajstić information content (AvgIpc) is 3.02. The SMILES string of the molecule is CC[C@@H](C(=O)n1ccnc1)N(Cc1ccccc1)C(=O)O. The van der Waals surface area contributed by atoms with Crippen LogP contribution in [0.1, 0.15) is 23.7 Å². The van der Waals surface area contributed by atoms with Crippen LogP contribution in [0.15, 0.2) is 49.1 Å². The van der Waals surface area contributed by atoms with Gasteiger partial charge in [-0.1, -0.05) is 37.3 Å². The van der Waals surface area contributed by atoms with E-state index in [2.05, 4.69) is 4.98 Å². The largest absolute Gasteiger partial charge is 0.465 e. The third kappa shape index (κ3) is 3.47. The van der Waals surface area contributed by atoms with Gasteiger partial charge in [-0.05, 0) is 12.0 Å². The highest BCUT2D eigenvalue weighted by Crippen LogP contribution is 2.13. The second-order valence-corrected chi connectivity index (χ2v) is 4.63. The van der Waals surface area contributed by atoms with Crippen LogP contribution in [0.25, 0.3) is 0 Å². The number of rotatable bonds is 5. The number of benzene rings is 1. The predicted molar refractivity (Wildman–Crippen MR) is 76.9 cm³/mol. The molecule has 2 aromatic rings. The summed E-state index contributed by atoms with van der Waals surface area (Å²) in [6, 6.07) is 8.48. The maximum atomic E-state index is 12.4. The Morgan fingerprint density at radius 2 is 2.05 bits per heavy atom. The zero-order valence-corrected chi connectivity index (χ0v) is 11.7. The number of hydrogen-bond donors (Lipinski definition) is 1. The Kier molecular flexibility index (Phi) is 4.71. The topological polar surface area (TPSA) is 75.4 Å². The van der Waals surface area contributed by atoms with Crippen LogP contribution in [0.4, 0.5) is 4.79 Å². The fraction of sp³-hybridized carbons (Fsp3) is 0.267. The van der Waals surface area contributed by atoms with Crippen LogP contribution >= 0.6 is 0 Å². The molecule has 0 saturated heterocycles. The van der Waals surface area contributed by atoms with Gasteiger partial charge in [-0.25, -0.2) is 9.78 Å². The van der Waals surface area contributed by atoms with Crippen LogP contribution in [0, 0.1) is 0 Å². The molecule has 0 aliphatic heterocycles. The first-order chi connectivity index (χ1) is 10.1. The van der Waals surface area contributed by atoms with E-state index in [1.807, 2.05) is 30.3 Å². The van der Waals surface area contributed by atoms with Crippen molar-refractivity contribution in [3.8, 4) is 0 Å². The summed E-state index contributed by atoms with van der Waals surface area (Å²) >= 11 is 0. The highest BCUT2D eigenvalue weighted by atomic mass is 16.4. The van der Waals surface area contributed by atoms with Crippen LogP contribution in [0.2, 0.25) is 0 Å². The Morgan fingerprint density at radius 1 is 1.33 bits per heavy atom. The third-order valence-electron chi connectivity index (χ3n) is 3.25. The van der Waals surface area contributed by atoms with Gasteiger partial charge in [0, 0.05) is 18.9 Å². The maximum Gasteiger partial charge on any atom is 0.408 e. The molecular formula is C15H17N3O3. The zero-order chi connectivity index (χ0) is 15.2. The maximum absolute atomic E-state index is 12.4. The highest BCUT2D eigenvalue weighted by Gasteiger charge is 2.29. The Balaban J connectivity index is 2.23. The Hall–Kier alpha value is -2.63. The molecule has 1 aromatic carbocycles. The van der Waals surface area contributed by atoms with Crippen molar-refractivity contribution >= 4 is 12.0 Å². The normalized spacial score (nSPS) is 11.9. The van der Waals surface area contributed by atoms with E-state index in [1.54, 1.807) is 6.92 Å². The molecule has 0 saturated carbocycles. The van der Waals surface area contributed by atoms with Crippen molar-refractivity contribution < 1.29 is 14.7 Å². The third-order valence-corrected chi connectivity index (χ3v) is 3.25. The molecular weight excluding hydrogens is 270 g/mol. The van der Waals surface area contributed by atoms with E-state index >= 15 is 0 Å². The van der Waals surface area contributed by atoms with Crippen LogP contribution in [-0.4, -0.2) is 37.6 Å². The lowest BCUT2D eigenvalue weighted by atomic mass is 10.1. The van der Waals surface area contributed by atoms with Gasteiger partial charge in [-0.3, -0.25) is 14.3 Å². The first kappa shape index (κ1) is 14.8. The first-order valence-corrected chi connectivity index (χ1v) is 6.69. The summed E-state index contributed by atoms with van der Waals surface area (Å²) in [6.45, 7) is 1.97. The summed E-state index contributed by atoms with van der Waals surface area (Å²) in [4.78, 5) is 28.9. The van der Waals surface area contributed by atoms with Crippen molar-refractivity contribution in [1.29, 1.82) is 0 Å². The van der Waals surface area contributed by atoms with E-state index in [4.69, 9.17) is 0 Å². The van der Waals surface area contributed by atoms with E-state index in [-0.39, 0.29) is 12.5 Å². The van der Waals surface area contributed by atoms with Crippen LogP contribution < -0.4 is 0 Å². The van der Waals surface area contributed by atoms with Crippen LogP contribution in [0.3, 0.4) is 0 Å². The van der Waals surface area contributed by atoms with Crippen molar-refractivity contribution in [1.82, 2.24) is 14.5 Å². The fourth-order valence-electron chi connectivity index (χ4n) is 2.18. The van der Waals surface area contributed by atoms with Gasteiger partial charge < -0.3 is 5.11 Å². The number of hydrogen-bond acceptors (Lipinski definition) is 3. The number of imidazole rings is 1. The molecule has 0 unspecified atom stereocenters. The van der Waals surface area contributed by atoms with E-state index in [9.17, 15) is 14.7 Å². The smallest absolute Gasteiger partial charge is 0.408 e. The zero-order valence-electron chi connectivity index (χ0n) is 11.7. The number of carbonyl (C=O) groups is 2. The molecule has 21 heavy (non-hydrogen) atoms. The van der Waals surface area contributed by atoms with E-state index in [0.717, 1.165) is 10.5 Å². The number of amides is 1. The fourth-order valence-corrected chi connectivity index (χ4v) is 2.18. The Bertz CT molecular complexity index is 596. The van der Waals surface area contributed by atoms with E-state index < -0.39 is 12.1 Å². The van der Waals surface area contributed by atoms with E-state index in [0.29, 0.717) is 6.42 Å². The number of carbonyl (C=O) groups excluding carboxylic acids is 1. The van der Waals surface area contributed by atoms with Gasteiger partial charge >= 0.3 is 6.09 Å². The summed E-state index contributed by atoms with van der Waals surface area (Å²) in [5.74, 6) is -0.298. The van der Waals surface area contributed by atoms with Crippen LogP contribution in [0.5, 0.6) is 0 Å². The van der Waals surface area contributed by atoms with Crippen LogP contribution in [-0.2, 0) is 6.54 Å². The summed E-state index contributed by atoms with van der Waals surface area (Å²) in [5.41, 5.74) is 0.844. The molecule has 0 aliphatic carbocycles. The van der Waals surface area contributed by atoms with Crippen molar-refractivity contribution in [2.75, 3.05) is 0 Å². The molecule has 1 N–H and O–H groups in total. The van der Waals surface area contributed by atoms with Crippen molar-refractivity contribution in [2.24, 2.45) is 0 Å². The van der Waals surface area contributed by atoms with Gasteiger partial charge in [-0.2, -0.15) is 0 Å². The molecule has 2 rings (SSSR count). The molecule has 0 aliphatic rings. The van der Waals surface area contributed by atoms with Gasteiger partial charge in [0.05, 0.1) is 0 Å². The minimum atomic E-state index is -1.11. The molecule has 0 radical (unpaired) electrons. The summed E-state index contributed by atoms with van der Waals surface area (Å²) in [6.07, 6.45) is 3.68. The molecule has 1 aromatic heterocycles. The van der Waals surface area contributed by atoms with Crippen molar-refractivity contribution in [2.45, 2.75) is 25.9 Å². The Morgan fingerprint density at radius 3 is 2.57 bits per heavy atom. The van der Waals surface area contributed by atoms with Gasteiger partial charge in [0.2, 0.25) is 0 Å². The molecule has 6 heteroatoms. The highest BCUT2D eigenvalue weighted by molar-refractivity contribution is 5.87. The second kappa shape index (κ2) is 6.69. The molecule has 1 atom stereocenters. The minimum Gasteiger partial charge on any atom is -0.465 e. The quantitative estimate of drug-likeness (QED) is 0.916. The molecule has 6 nitrogen and oxygen atoms in total. The van der Waals surface area contributed by atoms with Gasteiger partial charge in [-0.15, -0.1) is 0 Å². The van der Waals surface area contributed by atoms with E-state index in [1.165, 1.54) is 23.3 Å². The molecule has 1 heterocycles. The lowest BCUT2D eigenvalue weighted by Crippen LogP contribution is -2.45. The number of carboxylic acid groups (broad SMARTS) is 1. The Labute approximate surface area is 122 Å². The monoisotopic (exact) mass is 287 g/mol. The minimum absolute atomic E-state index is 0.176. The molecule has 0 spiro atoms. The summed E-state index contributed by atoms with van der Waals surface area (Å²) < 4.78 is 1.31. The molecule has 1 amide bonds. The number of aromatic nitrogens is 2.